The molecule has 5 unspecified atom stereocenters. The number of hydrogen-bond donors (Lipinski definition) is 6. The lowest BCUT2D eigenvalue weighted by Crippen LogP contribution is -2.64. The van der Waals surface area contributed by atoms with Gasteiger partial charge in [0.15, 0.2) is 0 Å². The molecule has 1 rings (SSSR count). The lowest BCUT2D eigenvalue weighted by molar-refractivity contribution is -0.220. The van der Waals surface area contributed by atoms with Gasteiger partial charge in [-0.05, 0) is 5.92 Å². The van der Waals surface area contributed by atoms with Crippen LogP contribution in [0, 0.1) is 5.92 Å². The van der Waals surface area contributed by atoms with E-state index in [0.717, 1.165) is 0 Å². The van der Waals surface area contributed by atoms with Crippen molar-refractivity contribution in [2.45, 2.75) is 50.5 Å². The molecule has 10 heteroatoms. The molecule has 0 amide bonds. The number of phosphoric acid groups is 1. The average Bonchev–Trinajstić information content (AvgIpc) is 2.37. The van der Waals surface area contributed by atoms with Crippen molar-refractivity contribution >= 4 is 7.82 Å². The van der Waals surface area contributed by atoms with E-state index < -0.39 is 44.4 Å². The minimum absolute atomic E-state index is 0.0571. The second-order valence-electron chi connectivity index (χ2n) is 5.18. The minimum Gasteiger partial charge on any atom is -0.387 e. The van der Waals surface area contributed by atoms with Gasteiger partial charge >= 0.3 is 7.82 Å². The van der Waals surface area contributed by atoms with Crippen LogP contribution >= 0.6 is 7.82 Å². The summed E-state index contributed by atoms with van der Waals surface area (Å²) in [5, 5.41) is 47.5. The van der Waals surface area contributed by atoms with Crippen LogP contribution in [0.4, 0.5) is 0 Å². The zero-order valence-electron chi connectivity index (χ0n) is 11.1. The maximum Gasteiger partial charge on any atom is 0.472 e. The Morgan fingerprint density at radius 3 is 1.75 bits per heavy atom. The van der Waals surface area contributed by atoms with Crippen LogP contribution in [0.2, 0.25) is 0 Å². The van der Waals surface area contributed by atoms with Gasteiger partial charge in [-0.1, -0.05) is 13.8 Å². The van der Waals surface area contributed by atoms with Crippen LogP contribution in [0.5, 0.6) is 0 Å². The lowest BCUT2D eigenvalue weighted by Gasteiger charge is -2.41. The zero-order chi connectivity index (χ0) is 15.7. The van der Waals surface area contributed by atoms with Crippen molar-refractivity contribution < 1.29 is 44.0 Å². The molecule has 0 aromatic rings. The van der Waals surface area contributed by atoms with Gasteiger partial charge in [-0.15, -0.1) is 0 Å². The van der Waals surface area contributed by atoms with E-state index in [1.807, 2.05) is 0 Å². The van der Waals surface area contributed by atoms with Crippen molar-refractivity contribution in [2.24, 2.45) is 5.92 Å². The summed E-state index contributed by atoms with van der Waals surface area (Å²) in [5.74, 6) is -0.0571. The molecule has 120 valence electrons. The molecule has 0 bridgehead atoms. The van der Waals surface area contributed by atoms with Crippen molar-refractivity contribution in [2.75, 3.05) is 6.61 Å². The third kappa shape index (κ3) is 4.20. The Balaban J connectivity index is 2.76. The highest BCUT2D eigenvalue weighted by Gasteiger charge is 2.51. The number of aliphatic hydroxyl groups excluding tert-OH is 5. The normalized spacial score (nSPS) is 41.6. The molecule has 0 aromatic carbocycles. The first-order valence-corrected chi connectivity index (χ1v) is 7.62. The maximum absolute atomic E-state index is 11.6. The Kier molecular flexibility index (Phi) is 6.09. The molecule has 0 spiro atoms. The summed E-state index contributed by atoms with van der Waals surface area (Å²) in [4.78, 5) is 9.45. The van der Waals surface area contributed by atoms with Crippen molar-refractivity contribution in [3.63, 3.8) is 0 Å². The van der Waals surface area contributed by atoms with E-state index in [2.05, 4.69) is 9.05 Å². The molecule has 0 aromatic heterocycles. The molecule has 1 saturated carbocycles. The summed E-state index contributed by atoms with van der Waals surface area (Å²) in [6, 6.07) is 0. The van der Waals surface area contributed by atoms with Gasteiger partial charge in [0.25, 0.3) is 0 Å². The predicted molar refractivity (Wildman–Crippen MR) is 65.5 cm³/mol. The molecule has 6 N–H and O–H groups in total. The molecular formula is C10H21O9P. The van der Waals surface area contributed by atoms with E-state index in [9.17, 15) is 35.0 Å². The number of hydrogen-bond acceptors (Lipinski definition) is 8. The van der Waals surface area contributed by atoms with E-state index in [-0.39, 0.29) is 12.5 Å². The Morgan fingerprint density at radius 2 is 1.35 bits per heavy atom. The molecule has 0 saturated heterocycles. The summed E-state index contributed by atoms with van der Waals surface area (Å²) >= 11 is 0. The van der Waals surface area contributed by atoms with Crippen molar-refractivity contribution in [3.05, 3.63) is 0 Å². The molecular weight excluding hydrogens is 295 g/mol. The van der Waals surface area contributed by atoms with Gasteiger partial charge in [0, 0.05) is 0 Å². The molecule has 0 heterocycles. The number of rotatable bonds is 5. The Bertz CT molecular complexity index is 347. The molecule has 0 aliphatic heterocycles. The largest absolute Gasteiger partial charge is 0.472 e. The fourth-order valence-electron chi connectivity index (χ4n) is 1.75. The summed E-state index contributed by atoms with van der Waals surface area (Å²) in [6.45, 7) is 3.36. The van der Waals surface area contributed by atoms with Crippen LogP contribution in [0.25, 0.3) is 0 Å². The molecule has 20 heavy (non-hydrogen) atoms. The summed E-state index contributed by atoms with van der Waals surface area (Å²) < 4.78 is 20.9. The van der Waals surface area contributed by atoms with Crippen LogP contribution in [-0.4, -0.2) is 73.7 Å². The molecule has 5 atom stereocenters. The van der Waals surface area contributed by atoms with Crippen molar-refractivity contribution in [1.29, 1.82) is 0 Å². The van der Waals surface area contributed by atoms with E-state index >= 15 is 0 Å². The first kappa shape index (κ1) is 18.0. The van der Waals surface area contributed by atoms with Gasteiger partial charge in [-0.25, -0.2) is 4.57 Å². The maximum atomic E-state index is 11.6. The molecule has 0 radical (unpaired) electrons. The molecule has 1 fully saturated rings. The van der Waals surface area contributed by atoms with Crippen LogP contribution in [0.1, 0.15) is 13.8 Å². The fourth-order valence-corrected chi connectivity index (χ4v) is 2.85. The molecule has 1 aliphatic carbocycles. The van der Waals surface area contributed by atoms with Crippen LogP contribution in [0.15, 0.2) is 0 Å². The van der Waals surface area contributed by atoms with Crippen LogP contribution < -0.4 is 0 Å². The van der Waals surface area contributed by atoms with Gasteiger partial charge in [0.05, 0.1) is 6.61 Å². The summed E-state index contributed by atoms with van der Waals surface area (Å²) in [6.07, 6.45) is -10.9. The summed E-state index contributed by atoms with van der Waals surface area (Å²) in [7, 11) is -4.59. The van der Waals surface area contributed by atoms with E-state index in [1.54, 1.807) is 13.8 Å². The summed E-state index contributed by atoms with van der Waals surface area (Å²) in [5.41, 5.74) is 0. The number of phosphoric ester groups is 1. The van der Waals surface area contributed by atoms with Crippen molar-refractivity contribution in [3.8, 4) is 0 Å². The Labute approximate surface area is 116 Å². The monoisotopic (exact) mass is 316 g/mol. The first-order valence-electron chi connectivity index (χ1n) is 6.13. The van der Waals surface area contributed by atoms with Gasteiger partial charge in [-0.3, -0.25) is 9.05 Å². The topological polar surface area (TPSA) is 157 Å². The highest BCUT2D eigenvalue weighted by atomic mass is 31.2. The van der Waals surface area contributed by atoms with Crippen molar-refractivity contribution in [1.82, 2.24) is 0 Å². The standard InChI is InChI=1S/C10H21O9P/c1-4(2)3-18-20(16,17)19-10-8(14)6(12)5(11)7(13)9(10)15/h4-15H,3H2,1-2H3,(H,16,17). The van der Waals surface area contributed by atoms with E-state index in [1.165, 1.54) is 0 Å². The van der Waals surface area contributed by atoms with E-state index in [4.69, 9.17) is 0 Å². The zero-order valence-corrected chi connectivity index (χ0v) is 12.0. The third-order valence-electron chi connectivity index (χ3n) is 2.90. The molecule has 1 aliphatic rings. The van der Waals surface area contributed by atoms with E-state index in [0.29, 0.717) is 0 Å². The van der Waals surface area contributed by atoms with Crippen LogP contribution in [0.3, 0.4) is 0 Å². The van der Waals surface area contributed by atoms with Gasteiger partial charge in [0.2, 0.25) is 0 Å². The smallest absolute Gasteiger partial charge is 0.387 e. The second kappa shape index (κ2) is 6.78. The van der Waals surface area contributed by atoms with Crippen LogP contribution in [-0.2, 0) is 13.6 Å². The molecule has 9 nitrogen and oxygen atoms in total. The Morgan fingerprint density at radius 1 is 0.950 bits per heavy atom. The van der Waals surface area contributed by atoms with Gasteiger partial charge in [0.1, 0.15) is 36.6 Å². The predicted octanol–water partition coefficient (Wildman–Crippen LogP) is -2.04. The second-order valence-corrected chi connectivity index (χ2v) is 6.59. The minimum atomic E-state index is -4.59. The first-order chi connectivity index (χ1) is 9.07. The average molecular weight is 316 g/mol. The number of aliphatic hydroxyl groups is 5. The van der Waals surface area contributed by atoms with Gasteiger partial charge in [-0.2, -0.15) is 0 Å². The lowest BCUT2D eigenvalue weighted by atomic mass is 9.85. The highest BCUT2D eigenvalue weighted by Crippen LogP contribution is 2.47. The Hall–Kier alpha value is -0.0900. The fraction of sp³-hybridized carbons (Fsp3) is 1.00. The highest BCUT2D eigenvalue weighted by molar-refractivity contribution is 7.47. The quantitative estimate of drug-likeness (QED) is 0.314. The SMILES string of the molecule is CC(C)COP(=O)(O)OC1C(O)C(O)C(O)C(O)C1O. The third-order valence-corrected chi connectivity index (χ3v) is 3.88. The van der Waals surface area contributed by atoms with Gasteiger partial charge < -0.3 is 30.4 Å².